The number of nitrogens with zero attached hydrogens (tertiary/aromatic N) is 1. The van der Waals surface area contributed by atoms with Crippen LogP contribution in [0.15, 0.2) is 18.3 Å². The summed E-state index contributed by atoms with van der Waals surface area (Å²) in [6.45, 7) is 0.665. The van der Waals surface area contributed by atoms with E-state index in [0.717, 1.165) is 22.0 Å². The van der Waals surface area contributed by atoms with Crippen LogP contribution < -0.4 is 15.8 Å². The number of nitrogens with two attached hydrogens (primary N) is 1. The quantitative estimate of drug-likeness (QED) is 0.820. The zero-order valence-electron chi connectivity index (χ0n) is 11.4. The van der Waals surface area contributed by atoms with E-state index in [9.17, 15) is 13.2 Å². The summed E-state index contributed by atoms with van der Waals surface area (Å²) < 4.78 is 42.0. The predicted molar refractivity (Wildman–Crippen MR) is 76.3 cm³/mol. The van der Waals surface area contributed by atoms with E-state index in [4.69, 9.17) is 5.73 Å². The van der Waals surface area contributed by atoms with Gasteiger partial charge in [0.2, 0.25) is 0 Å². The smallest absolute Gasteiger partial charge is 0.387 e. The van der Waals surface area contributed by atoms with E-state index >= 15 is 0 Å². The highest BCUT2D eigenvalue weighted by atomic mass is 32.1. The number of nitrogens with one attached hydrogen (secondary N) is 1. The molecule has 0 saturated carbocycles. The van der Waals surface area contributed by atoms with Crippen LogP contribution in [0.1, 0.15) is 22.9 Å². The number of halogens is 3. The Kier molecular flexibility index (Phi) is 4.56. The monoisotopic (exact) mass is 317 g/mol. The number of aryl methyl sites for hydroxylation is 1. The number of rotatable bonds is 5. The molecule has 2 rings (SSSR count). The van der Waals surface area contributed by atoms with E-state index < -0.39 is 18.2 Å². The van der Waals surface area contributed by atoms with Crippen LogP contribution in [0.2, 0.25) is 0 Å². The summed E-state index contributed by atoms with van der Waals surface area (Å²) in [6.07, 6.45) is 1.73. The minimum atomic E-state index is -3.10. The van der Waals surface area contributed by atoms with Crippen LogP contribution in [0, 0.1) is 12.7 Å². The summed E-state index contributed by atoms with van der Waals surface area (Å²) in [5.74, 6) is -1.49. The Morgan fingerprint density at radius 2 is 2.10 bits per heavy atom. The van der Waals surface area contributed by atoms with Gasteiger partial charge in [-0.05, 0) is 13.8 Å². The van der Waals surface area contributed by atoms with Crippen molar-refractivity contribution >= 4 is 22.7 Å². The standard InChI is InChI=1S/C13H14F3N3OS/c1-6-5-18-12(21-6)7(2)19-10-4-11(20-13(15)16)8(14)3-9(10)17/h3-5,7,13,19H,17H2,1-2H3. The normalized spacial score (nSPS) is 12.5. The fourth-order valence-corrected chi connectivity index (χ4v) is 2.52. The molecule has 3 N–H and O–H groups in total. The fourth-order valence-electron chi connectivity index (χ4n) is 1.75. The lowest BCUT2D eigenvalue weighted by Crippen LogP contribution is -2.10. The van der Waals surface area contributed by atoms with Crippen molar-refractivity contribution in [3.05, 3.63) is 34.0 Å². The third kappa shape index (κ3) is 3.78. The second kappa shape index (κ2) is 6.21. The Hall–Kier alpha value is -1.96. The van der Waals surface area contributed by atoms with Crippen molar-refractivity contribution in [3.63, 3.8) is 0 Å². The van der Waals surface area contributed by atoms with E-state index in [1.54, 1.807) is 6.20 Å². The highest BCUT2D eigenvalue weighted by Crippen LogP contribution is 2.32. The van der Waals surface area contributed by atoms with Crippen molar-refractivity contribution in [3.8, 4) is 5.75 Å². The van der Waals surface area contributed by atoms with Crippen LogP contribution in [0.25, 0.3) is 0 Å². The number of hydrogen-bond donors (Lipinski definition) is 2. The van der Waals surface area contributed by atoms with Gasteiger partial charge in [0.25, 0.3) is 0 Å². The molecule has 8 heteroatoms. The van der Waals surface area contributed by atoms with Gasteiger partial charge in [0.15, 0.2) is 11.6 Å². The van der Waals surface area contributed by atoms with Crippen LogP contribution >= 0.6 is 11.3 Å². The van der Waals surface area contributed by atoms with Crippen LogP contribution in [0.5, 0.6) is 5.75 Å². The third-order valence-corrected chi connectivity index (χ3v) is 3.80. The number of anilines is 2. The summed E-state index contributed by atoms with van der Waals surface area (Å²) in [7, 11) is 0. The van der Waals surface area contributed by atoms with E-state index in [1.165, 1.54) is 11.3 Å². The van der Waals surface area contributed by atoms with Crippen molar-refractivity contribution < 1.29 is 17.9 Å². The molecule has 1 aromatic carbocycles. The molecule has 0 spiro atoms. The largest absolute Gasteiger partial charge is 0.432 e. The molecular weight excluding hydrogens is 303 g/mol. The van der Waals surface area contributed by atoms with Crippen molar-refractivity contribution in [2.45, 2.75) is 26.5 Å². The molecule has 1 heterocycles. The first-order chi connectivity index (χ1) is 9.86. The number of aromatic nitrogens is 1. The molecule has 0 bridgehead atoms. The zero-order chi connectivity index (χ0) is 15.6. The van der Waals surface area contributed by atoms with Crippen molar-refractivity contribution in [2.24, 2.45) is 0 Å². The molecule has 2 aromatic rings. The lowest BCUT2D eigenvalue weighted by molar-refractivity contribution is -0.0521. The Morgan fingerprint density at radius 1 is 1.38 bits per heavy atom. The molecule has 0 aliphatic heterocycles. The van der Waals surface area contributed by atoms with Gasteiger partial charge in [-0.25, -0.2) is 9.37 Å². The number of alkyl halides is 2. The topological polar surface area (TPSA) is 60.2 Å². The molecule has 0 aliphatic rings. The van der Waals surface area contributed by atoms with Crippen molar-refractivity contribution in [1.82, 2.24) is 4.98 Å². The maximum absolute atomic E-state index is 13.5. The van der Waals surface area contributed by atoms with Gasteiger partial charge in [0.05, 0.1) is 17.4 Å². The van der Waals surface area contributed by atoms with Crippen molar-refractivity contribution in [2.75, 3.05) is 11.1 Å². The molecule has 0 aliphatic carbocycles. The van der Waals surface area contributed by atoms with Gasteiger partial charge in [-0.1, -0.05) is 0 Å². The highest BCUT2D eigenvalue weighted by molar-refractivity contribution is 7.11. The average Bonchev–Trinajstić information content (AvgIpc) is 2.81. The van der Waals surface area contributed by atoms with E-state index in [-0.39, 0.29) is 11.7 Å². The molecule has 4 nitrogen and oxygen atoms in total. The first-order valence-electron chi connectivity index (χ1n) is 6.09. The van der Waals surface area contributed by atoms with Gasteiger partial charge in [0.1, 0.15) is 5.01 Å². The molecule has 0 saturated heterocycles. The summed E-state index contributed by atoms with van der Waals surface area (Å²) in [5, 5.41) is 3.82. The maximum Gasteiger partial charge on any atom is 0.387 e. The average molecular weight is 317 g/mol. The molecule has 1 atom stereocenters. The minimum absolute atomic E-state index is 0.106. The van der Waals surface area contributed by atoms with Crippen LogP contribution in [0.3, 0.4) is 0 Å². The lowest BCUT2D eigenvalue weighted by Gasteiger charge is -2.16. The molecule has 0 fully saturated rings. The van der Waals surface area contributed by atoms with Gasteiger partial charge in [-0.3, -0.25) is 0 Å². The zero-order valence-corrected chi connectivity index (χ0v) is 12.2. The Balaban J connectivity index is 2.22. The number of thiazole rings is 1. The Labute approximate surface area is 123 Å². The van der Waals surface area contributed by atoms with Gasteiger partial charge in [0, 0.05) is 23.2 Å². The van der Waals surface area contributed by atoms with Crippen LogP contribution in [0.4, 0.5) is 24.5 Å². The van der Waals surface area contributed by atoms with Crippen LogP contribution in [-0.4, -0.2) is 11.6 Å². The van der Waals surface area contributed by atoms with Crippen molar-refractivity contribution in [1.29, 1.82) is 0 Å². The second-order valence-electron chi connectivity index (χ2n) is 4.42. The van der Waals surface area contributed by atoms with Gasteiger partial charge >= 0.3 is 6.61 Å². The SMILES string of the molecule is Cc1cnc(C(C)Nc2cc(OC(F)F)c(F)cc2N)s1. The highest BCUT2D eigenvalue weighted by Gasteiger charge is 2.16. The molecule has 0 amide bonds. The van der Waals surface area contributed by atoms with Crippen LogP contribution in [-0.2, 0) is 0 Å². The Bertz CT molecular complexity index is 633. The summed E-state index contributed by atoms with van der Waals surface area (Å²) in [6, 6.07) is 1.86. The molecule has 1 unspecified atom stereocenters. The summed E-state index contributed by atoms with van der Waals surface area (Å²) in [5.41, 5.74) is 6.11. The maximum atomic E-state index is 13.5. The number of benzene rings is 1. The second-order valence-corrected chi connectivity index (χ2v) is 5.69. The predicted octanol–water partition coefficient (Wildman–Crippen LogP) is 3.95. The molecule has 114 valence electrons. The first-order valence-corrected chi connectivity index (χ1v) is 6.91. The Morgan fingerprint density at radius 3 is 2.67 bits per heavy atom. The van der Waals surface area contributed by atoms with E-state index in [1.807, 2.05) is 13.8 Å². The van der Waals surface area contributed by atoms with E-state index in [0.29, 0.717) is 5.69 Å². The first kappa shape index (κ1) is 15.4. The molecule has 0 radical (unpaired) electrons. The molecular formula is C13H14F3N3OS. The van der Waals surface area contributed by atoms with Gasteiger partial charge in [-0.2, -0.15) is 8.78 Å². The third-order valence-electron chi connectivity index (χ3n) is 2.70. The molecule has 1 aromatic heterocycles. The van der Waals surface area contributed by atoms with Gasteiger partial charge < -0.3 is 15.8 Å². The fraction of sp³-hybridized carbons (Fsp3) is 0.308. The molecule has 21 heavy (non-hydrogen) atoms. The number of hydrogen-bond acceptors (Lipinski definition) is 5. The number of nitrogen functional groups attached to an aromatic ring is 1. The lowest BCUT2D eigenvalue weighted by atomic mass is 10.2. The van der Waals surface area contributed by atoms with E-state index in [2.05, 4.69) is 15.0 Å². The number of ether oxygens (including phenoxy) is 1. The summed E-state index contributed by atoms with van der Waals surface area (Å²) >= 11 is 1.50. The summed E-state index contributed by atoms with van der Waals surface area (Å²) in [4.78, 5) is 5.27. The minimum Gasteiger partial charge on any atom is -0.432 e. The van der Waals surface area contributed by atoms with Gasteiger partial charge in [-0.15, -0.1) is 11.3 Å².